The summed E-state index contributed by atoms with van der Waals surface area (Å²) < 4.78 is 13.8. The molecule has 0 saturated heterocycles. The maximum Gasteiger partial charge on any atom is 0.343 e. The summed E-state index contributed by atoms with van der Waals surface area (Å²) in [6.07, 6.45) is 1.73. The Morgan fingerprint density at radius 2 is 1.65 bits per heavy atom. The average Bonchev–Trinajstić information content (AvgIpc) is 3.53. The molecule has 0 saturated carbocycles. The van der Waals surface area contributed by atoms with Crippen molar-refractivity contribution in [2.45, 2.75) is 29.9 Å². The lowest BCUT2D eigenvalue weighted by Gasteiger charge is -2.24. The fourth-order valence-corrected chi connectivity index (χ4v) is 6.31. The van der Waals surface area contributed by atoms with Gasteiger partial charge in [-0.3, -0.25) is 9.36 Å². The number of allylic oxidation sites excluding steroid dienone is 1. The van der Waals surface area contributed by atoms with Gasteiger partial charge in [-0.2, -0.15) is 0 Å². The van der Waals surface area contributed by atoms with Gasteiger partial charge in [-0.25, -0.2) is 9.79 Å². The van der Waals surface area contributed by atoms with Crippen molar-refractivity contribution in [2.75, 3.05) is 0 Å². The molecular formula is C32H24N2O4S2. The molecule has 0 radical (unpaired) electrons. The molecule has 1 atom stereocenters. The van der Waals surface area contributed by atoms with Crippen molar-refractivity contribution in [2.24, 2.45) is 4.99 Å². The zero-order chi connectivity index (χ0) is 27.6. The second kappa shape index (κ2) is 11.0. The largest absolute Gasteiger partial charge is 0.450 e. The summed E-state index contributed by atoms with van der Waals surface area (Å²) in [5.41, 5.74) is 2.57. The number of rotatable bonds is 6. The van der Waals surface area contributed by atoms with Crippen LogP contribution in [0, 0.1) is 6.92 Å². The van der Waals surface area contributed by atoms with E-state index in [2.05, 4.69) is 17.1 Å². The molecule has 3 aromatic carbocycles. The number of aromatic nitrogens is 1. The molecule has 198 valence electrons. The second-order valence-corrected chi connectivity index (χ2v) is 11.4. The Morgan fingerprint density at radius 1 is 0.950 bits per heavy atom. The third kappa shape index (κ3) is 5.23. The minimum Gasteiger partial charge on any atom is -0.450 e. The molecule has 8 heteroatoms. The number of thiazole rings is 1. The molecule has 0 bridgehead atoms. The van der Waals surface area contributed by atoms with E-state index in [1.54, 1.807) is 41.8 Å². The van der Waals surface area contributed by atoms with E-state index < -0.39 is 12.0 Å². The predicted molar refractivity (Wildman–Crippen MR) is 156 cm³/mol. The first kappa shape index (κ1) is 25.9. The monoisotopic (exact) mass is 564 g/mol. The topological polar surface area (TPSA) is 73.8 Å². The molecule has 1 aliphatic rings. The van der Waals surface area contributed by atoms with Crippen molar-refractivity contribution in [3.05, 3.63) is 145 Å². The van der Waals surface area contributed by atoms with E-state index in [4.69, 9.17) is 9.15 Å². The van der Waals surface area contributed by atoms with Gasteiger partial charge in [0.15, 0.2) is 9.89 Å². The highest BCUT2D eigenvalue weighted by Gasteiger charge is 2.33. The molecule has 0 unspecified atom stereocenters. The highest BCUT2D eigenvalue weighted by Crippen LogP contribution is 2.32. The zero-order valence-electron chi connectivity index (χ0n) is 21.7. The molecule has 3 heterocycles. The number of benzene rings is 3. The number of furan rings is 1. The number of aryl methyl sites for hydroxylation is 1. The van der Waals surface area contributed by atoms with Crippen LogP contribution in [-0.2, 0) is 4.79 Å². The van der Waals surface area contributed by atoms with Crippen molar-refractivity contribution >= 4 is 35.1 Å². The van der Waals surface area contributed by atoms with Crippen LogP contribution in [0.4, 0.5) is 0 Å². The summed E-state index contributed by atoms with van der Waals surface area (Å²) in [7, 11) is 0. The first-order valence-corrected chi connectivity index (χ1v) is 14.3. The third-order valence-electron chi connectivity index (χ3n) is 6.43. The Labute approximate surface area is 238 Å². The summed E-state index contributed by atoms with van der Waals surface area (Å²) >= 11 is 2.78. The Kier molecular flexibility index (Phi) is 7.11. The van der Waals surface area contributed by atoms with Crippen molar-refractivity contribution in [1.82, 2.24) is 4.57 Å². The normalized spacial score (nSPS) is 15.1. The summed E-state index contributed by atoms with van der Waals surface area (Å²) in [6.45, 7) is 3.82. The van der Waals surface area contributed by atoms with Gasteiger partial charge in [0, 0.05) is 11.0 Å². The Bertz CT molecular complexity index is 1900. The number of carbonyl (C=O) groups excluding carboxylic acids is 1. The van der Waals surface area contributed by atoms with Crippen molar-refractivity contribution in [3.8, 4) is 5.75 Å². The van der Waals surface area contributed by atoms with Gasteiger partial charge in [0.05, 0.1) is 21.8 Å². The van der Waals surface area contributed by atoms with Crippen LogP contribution in [0.1, 0.15) is 29.9 Å². The van der Waals surface area contributed by atoms with Gasteiger partial charge >= 0.3 is 5.97 Å². The third-order valence-corrected chi connectivity index (χ3v) is 8.34. The maximum atomic E-state index is 13.8. The van der Waals surface area contributed by atoms with Crippen LogP contribution < -0.4 is 19.6 Å². The van der Waals surface area contributed by atoms with Crippen LogP contribution in [0.3, 0.4) is 0 Å². The lowest BCUT2D eigenvalue weighted by atomic mass is 9.96. The van der Waals surface area contributed by atoms with E-state index in [1.807, 2.05) is 67.6 Å². The van der Waals surface area contributed by atoms with Gasteiger partial charge in [0.2, 0.25) is 0 Å². The minimum atomic E-state index is -0.680. The lowest BCUT2D eigenvalue weighted by molar-refractivity contribution is -0.130. The first-order chi connectivity index (χ1) is 19.5. The highest BCUT2D eigenvalue weighted by molar-refractivity contribution is 7.99. The molecule has 0 N–H and O–H groups in total. The average molecular weight is 565 g/mol. The number of hydrogen-bond acceptors (Lipinski definition) is 7. The van der Waals surface area contributed by atoms with Gasteiger partial charge in [-0.05, 0) is 55.8 Å². The van der Waals surface area contributed by atoms with E-state index in [9.17, 15) is 9.59 Å². The van der Waals surface area contributed by atoms with Crippen molar-refractivity contribution < 1.29 is 13.9 Å². The minimum absolute atomic E-state index is 0.251. The molecule has 6 rings (SSSR count). The predicted octanol–water partition coefficient (Wildman–Crippen LogP) is 5.89. The Balaban J connectivity index is 1.39. The fourth-order valence-electron chi connectivity index (χ4n) is 4.50. The van der Waals surface area contributed by atoms with Crippen LogP contribution >= 0.6 is 23.1 Å². The van der Waals surface area contributed by atoms with Crippen molar-refractivity contribution in [1.29, 1.82) is 0 Å². The standard InChI is InChI=1S/C32H24N2O4S2/c1-20-13-16-25(17-14-20)39-27-18-15-24(37-27)19-26-30(35)34-29(22-9-5-3-6-10-22)28(21(2)33-32(34)40-26)31(36)38-23-11-7-4-8-12-23/h3-19,29H,1-2H3/b26-19+/t29-/m1/s1. The smallest absolute Gasteiger partial charge is 0.343 e. The second-order valence-electron chi connectivity index (χ2n) is 9.27. The van der Waals surface area contributed by atoms with Gasteiger partial charge in [-0.15, -0.1) is 0 Å². The molecule has 6 nitrogen and oxygen atoms in total. The first-order valence-electron chi connectivity index (χ1n) is 12.7. The molecule has 0 aliphatic carbocycles. The van der Waals surface area contributed by atoms with E-state index in [0.717, 1.165) is 15.6 Å². The number of hydrogen-bond donors (Lipinski definition) is 0. The Morgan fingerprint density at radius 3 is 2.38 bits per heavy atom. The lowest BCUT2D eigenvalue weighted by Crippen LogP contribution is -2.40. The molecular weight excluding hydrogens is 540 g/mol. The van der Waals surface area contributed by atoms with E-state index in [-0.39, 0.29) is 5.56 Å². The quantitative estimate of drug-likeness (QED) is 0.190. The maximum absolute atomic E-state index is 13.8. The molecule has 2 aromatic heterocycles. The van der Waals surface area contributed by atoms with Gasteiger partial charge in [-0.1, -0.05) is 89.3 Å². The number of carbonyl (C=O) groups is 1. The van der Waals surface area contributed by atoms with Crippen LogP contribution in [0.2, 0.25) is 0 Å². The van der Waals surface area contributed by atoms with Gasteiger partial charge < -0.3 is 9.15 Å². The molecule has 0 amide bonds. The zero-order valence-corrected chi connectivity index (χ0v) is 23.4. The fraction of sp³-hybridized carbons (Fsp3) is 0.0938. The van der Waals surface area contributed by atoms with E-state index in [0.29, 0.717) is 32.1 Å². The Hall–Kier alpha value is -4.40. The number of fused-ring (bicyclic) bond motifs is 1. The SMILES string of the molecule is CC1=C(C(=O)Oc2ccccc2)[C@@H](c2ccccc2)n2c(s/c(=C/c3ccc(Sc4ccc(C)cc4)o3)c2=O)=N1. The van der Waals surface area contributed by atoms with Crippen LogP contribution in [-0.4, -0.2) is 10.5 Å². The number of ether oxygens (including phenoxy) is 1. The highest BCUT2D eigenvalue weighted by atomic mass is 32.2. The number of para-hydroxylation sites is 1. The van der Waals surface area contributed by atoms with Gasteiger partial charge in [0.25, 0.3) is 5.56 Å². The molecule has 0 spiro atoms. The van der Waals surface area contributed by atoms with Crippen LogP contribution in [0.5, 0.6) is 5.75 Å². The number of esters is 1. The molecule has 5 aromatic rings. The molecule has 40 heavy (non-hydrogen) atoms. The van der Waals surface area contributed by atoms with E-state index in [1.165, 1.54) is 28.7 Å². The molecule has 0 fully saturated rings. The van der Waals surface area contributed by atoms with Crippen LogP contribution in [0.15, 0.2) is 133 Å². The van der Waals surface area contributed by atoms with Crippen LogP contribution in [0.25, 0.3) is 6.08 Å². The molecule has 1 aliphatic heterocycles. The summed E-state index contributed by atoms with van der Waals surface area (Å²) in [4.78, 5) is 33.5. The summed E-state index contributed by atoms with van der Waals surface area (Å²) in [6, 6.07) is 29.6. The van der Waals surface area contributed by atoms with Crippen molar-refractivity contribution in [3.63, 3.8) is 0 Å². The van der Waals surface area contributed by atoms with Gasteiger partial charge in [0.1, 0.15) is 11.5 Å². The summed E-state index contributed by atoms with van der Waals surface area (Å²) in [5, 5.41) is 0.729. The van der Waals surface area contributed by atoms with E-state index >= 15 is 0 Å². The summed E-state index contributed by atoms with van der Waals surface area (Å²) in [5.74, 6) is 0.448. The number of nitrogens with zero attached hydrogens (tertiary/aromatic N) is 2.